The molecule has 1 aromatic carbocycles. The molecule has 6 nitrogen and oxygen atoms in total. The Bertz CT molecular complexity index is 722. The van der Waals surface area contributed by atoms with Gasteiger partial charge in [0.15, 0.2) is 11.5 Å². The summed E-state index contributed by atoms with van der Waals surface area (Å²) in [5.74, 6) is -0.129. The summed E-state index contributed by atoms with van der Waals surface area (Å²) in [6.45, 7) is 4.87. The van der Waals surface area contributed by atoms with Crippen molar-refractivity contribution in [3.63, 3.8) is 0 Å². The maximum Gasteiger partial charge on any atom is 0.256 e. The number of phenols is 1. The lowest BCUT2D eigenvalue weighted by Gasteiger charge is -2.25. The lowest BCUT2D eigenvalue weighted by molar-refractivity contribution is -0.121. The Balaban J connectivity index is 2.16. The van der Waals surface area contributed by atoms with E-state index >= 15 is 0 Å². The number of phenolic OH excluding ortho intramolecular Hbond substituents is 1. The number of carbonyl (C=O) groups excluding carboxylic acids is 2. The Morgan fingerprint density at radius 3 is 2.79 bits per heavy atom. The van der Waals surface area contributed by atoms with E-state index in [2.05, 4.69) is 0 Å². The molecule has 24 heavy (non-hydrogen) atoms. The molecule has 128 valence electrons. The van der Waals surface area contributed by atoms with Crippen LogP contribution < -0.4 is 9.64 Å². The van der Waals surface area contributed by atoms with Gasteiger partial charge in [0, 0.05) is 19.2 Å². The molecule has 3 rings (SSSR count). The Kier molecular flexibility index (Phi) is 4.22. The zero-order valence-electron chi connectivity index (χ0n) is 14.2. The van der Waals surface area contributed by atoms with Gasteiger partial charge < -0.3 is 19.6 Å². The molecule has 0 aliphatic carbocycles. The minimum atomic E-state index is -0.427. The van der Waals surface area contributed by atoms with Crippen LogP contribution in [-0.4, -0.2) is 48.1 Å². The molecule has 0 bridgehead atoms. The van der Waals surface area contributed by atoms with Crippen molar-refractivity contribution in [3.8, 4) is 11.5 Å². The van der Waals surface area contributed by atoms with Crippen LogP contribution in [0.4, 0.5) is 5.69 Å². The first kappa shape index (κ1) is 16.4. The molecule has 0 unspecified atom stereocenters. The molecule has 2 heterocycles. The summed E-state index contributed by atoms with van der Waals surface area (Å²) in [6.07, 6.45) is 3.44. The lowest BCUT2D eigenvalue weighted by Crippen LogP contribution is -2.45. The number of fused-ring (bicyclic) bond motifs is 2. The molecule has 2 amide bonds. The fraction of sp³-hybridized carbons (Fsp3) is 0.444. The van der Waals surface area contributed by atoms with E-state index in [-0.39, 0.29) is 23.3 Å². The first-order chi connectivity index (χ1) is 11.4. The highest BCUT2D eigenvalue weighted by Crippen LogP contribution is 2.39. The van der Waals surface area contributed by atoms with Crippen LogP contribution in [0.15, 0.2) is 23.8 Å². The van der Waals surface area contributed by atoms with Crippen LogP contribution in [0, 0.1) is 0 Å². The van der Waals surface area contributed by atoms with E-state index in [0.717, 1.165) is 12.0 Å². The molecule has 2 aliphatic rings. The zero-order chi connectivity index (χ0) is 17.4. The molecular weight excluding hydrogens is 308 g/mol. The second kappa shape index (κ2) is 6.19. The van der Waals surface area contributed by atoms with Gasteiger partial charge in [0.05, 0.1) is 18.4 Å². The van der Waals surface area contributed by atoms with Crippen LogP contribution in [0.1, 0.15) is 37.0 Å². The number of benzene rings is 1. The number of ether oxygens (including phenoxy) is 1. The topological polar surface area (TPSA) is 70.1 Å². The summed E-state index contributed by atoms with van der Waals surface area (Å²) >= 11 is 0. The predicted octanol–water partition coefficient (Wildman–Crippen LogP) is 2.32. The highest BCUT2D eigenvalue weighted by atomic mass is 16.5. The number of hydrogen-bond acceptors (Lipinski definition) is 4. The molecule has 0 radical (unpaired) electrons. The van der Waals surface area contributed by atoms with Crippen molar-refractivity contribution in [1.29, 1.82) is 0 Å². The SMILES string of the molecule is COc1cc2c(cc1O)N(CC=C(C)C)C(=O)[C@@H]1CCCN1C2=O. The van der Waals surface area contributed by atoms with E-state index in [0.29, 0.717) is 30.8 Å². The largest absolute Gasteiger partial charge is 0.504 e. The Morgan fingerprint density at radius 2 is 2.12 bits per heavy atom. The highest BCUT2D eigenvalue weighted by molar-refractivity contribution is 6.11. The molecule has 0 saturated carbocycles. The van der Waals surface area contributed by atoms with Gasteiger partial charge in [-0.1, -0.05) is 11.6 Å². The maximum absolute atomic E-state index is 13.0. The normalized spacial score (nSPS) is 19.7. The van der Waals surface area contributed by atoms with Crippen LogP contribution in [0.5, 0.6) is 11.5 Å². The lowest BCUT2D eigenvalue weighted by atomic mass is 10.1. The van der Waals surface area contributed by atoms with Crippen molar-refractivity contribution in [2.45, 2.75) is 32.7 Å². The van der Waals surface area contributed by atoms with Gasteiger partial charge in [-0.2, -0.15) is 0 Å². The summed E-state index contributed by atoms with van der Waals surface area (Å²) in [4.78, 5) is 29.2. The van der Waals surface area contributed by atoms with Gasteiger partial charge in [-0.15, -0.1) is 0 Å². The predicted molar refractivity (Wildman–Crippen MR) is 90.5 cm³/mol. The van der Waals surface area contributed by atoms with Crippen molar-refractivity contribution >= 4 is 17.5 Å². The van der Waals surface area contributed by atoms with Crippen molar-refractivity contribution in [2.24, 2.45) is 0 Å². The van der Waals surface area contributed by atoms with E-state index in [1.807, 2.05) is 19.9 Å². The van der Waals surface area contributed by atoms with Crippen LogP contribution in [0.3, 0.4) is 0 Å². The first-order valence-electron chi connectivity index (χ1n) is 8.10. The van der Waals surface area contributed by atoms with Crippen molar-refractivity contribution < 1.29 is 19.4 Å². The summed E-state index contributed by atoms with van der Waals surface area (Å²) in [7, 11) is 1.44. The van der Waals surface area contributed by atoms with Crippen LogP contribution in [0.25, 0.3) is 0 Å². The Morgan fingerprint density at radius 1 is 1.38 bits per heavy atom. The molecule has 1 fully saturated rings. The van der Waals surface area contributed by atoms with Gasteiger partial charge in [0.25, 0.3) is 5.91 Å². The average Bonchev–Trinajstić information content (AvgIpc) is 3.01. The maximum atomic E-state index is 13.0. The molecule has 0 aromatic heterocycles. The van der Waals surface area contributed by atoms with Gasteiger partial charge >= 0.3 is 0 Å². The summed E-state index contributed by atoms with van der Waals surface area (Å²) in [5, 5.41) is 10.1. The smallest absolute Gasteiger partial charge is 0.256 e. The molecular formula is C18H22N2O4. The molecule has 1 aromatic rings. The van der Waals surface area contributed by atoms with E-state index in [4.69, 9.17) is 4.74 Å². The number of allylic oxidation sites excluding steroid dienone is 1. The third-order valence-corrected chi connectivity index (χ3v) is 4.57. The van der Waals surface area contributed by atoms with Crippen molar-refractivity contribution in [2.75, 3.05) is 25.1 Å². The van der Waals surface area contributed by atoms with E-state index in [1.165, 1.54) is 19.2 Å². The molecule has 6 heteroatoms. The fourth-order valence-electron chi connectivity index (χ4n) is 3.30. The molecule has 1 atom stereocenters. The number of rotatable bonds is 3. The third-order valence-electron chi connectivity index (χ3n) is 4.57. The Labute approximate surface area is 141 Å². The average molecular weight is 330 g/mol. The molecule has 1 N–H and O–H groups in total. The quantitative estimate of drug-likeness (QED) is 0.864. The number of amides is 2. The standard InChI is InChI=1S/C18H22N2O4/c1-11(2)6-8-20-14-10-15(21)16(24-3)9-12(14)17(22)19-7-4-5-13(19)18(20)23/h6,9-10,13,21H,4-5,7-8H2,1-3H3/t13-/m0/s1. The Hall–Kier alpha value is -2.50. The number of carbonyl (C=O) groups is 2. The number of nitrogens with zero attached hydrogens (tertiary/aromatic N) is 2. The van der Waals surface area contributed by atoms with Crippen LogP contribution in [-0.2, 0) is 4.79 Å². The van der Waals surface area contributed by atoms with Gasteiger partial charge in [-0.3, -0.25) is 9.59 Å². The number of hydrogen-bond donors (Lipinski definition) is 1. The van der Waals surface area contributed by atoms with Gasteiger partial charge in [0.2, 0.25) is 5.91 Å². The second-order valence-corrected chi connectivity index (χ2v) is 6.43. The second-order valence-electron chi connectivity index (χ2n) is 6.43. The number of methoxy groups -OCH3 is 1. The van der Waals surface area contributed by atoms with Gasteiger partial charge in [-0.25, -0.2) is 0 Å². The highest BCUT2D eigenvalue weighted by Gasteiger charge is 2.42. The minimum absolute atomic E-state index is 0.0823. The molecule has 1 saturated heterocycles. The number of anilines is 1. The summed E-state index contributed by atoms with van der Waals surface area (Å²) < 4.78 is 5.14. The molecule has 2 aliphatic heterocycles. The molecule has 0 spiro atoms. The van der Waals surface area contributed by atoms with Crippen LogP contribution >= 0.6 is 0 Å². The van der Waals surface area contributed by atoms with E-state index in [9.17, 15) is 14.7 Å². The van der Waals surface area contributed by atoms with Gasteiger partial charge in [0.1, 0.15) is 6.04 Å². The monoisotopic (exact) mass is 330 g/mol. The number of aromatic hydroxyl groups is 1. The van der Waals surface area contributed by atoms with Gasteiger partial charge in [-0.05, 0) is 32.8 Å². The zero-order valence-corrected chi connectivity index (χ0v) is 14.2. The summed E-state index contributed by atoms with van der Waals surface area (Å²) in [6, 6.07) is 2.55. The van der Waals surface area contributed by atoms with Crippen molar-refractivity contribution in [3.05, 3.63) is 29.3 Å². The van der Waals surface area contributed by atoms with E-state index < -0.39 is 6.04 Å². The fourth-order valence-corrected chi connectivity index (χ4v) is 3.30. The van der Waals surface area contributed by atoms with E-state index in [1.54, 1.807) is 9.80 Å². The first-order valence-corrected chi connectivity index (χ1v) is 8.10. The van der Waals surface area contributed by atoms with Crippen LogP contribution in [0.2, 0.25) is 0 Å². The summed E-state index contributed by atoms with van der Waals surface area (Å²) in [5.41, 5.74) is 1.92. The minimum Gasteiger partial charge on any atom is -0.504 e. The third kappa shape index (κ3) is 2.62. The van der Waals surface area contributed by atoms with Crippen molar-refractivity contribution in [1.82, 2.24) is 4.90 Å².